The molecule has 0 bridgehead atoms. The molecule has 2 aromatic carbocycles. The average molecular weight is 489 g/mol. The van der Waals surface area contributed by atoms with Crippen molar-refractivity contribution in [1.82, 2.24) is 9.97 Å². The number of nitrogens with one attached hydrogen (secondary N) is 1. The topological polar surface area (TPSA) is 107 Å². The normalized spacial score (nSPS) is 13.5. The van der Waals surface area contributed by atoms with Crippen LogP contribution < -0.4 is 16.2 Å². The van der Waals surface area contributed by atoms with Crippen LogP contribution >= 0.6 is 0 Å². The average Bonchev–Trinajstić information content (AvgIpc) is 2.68. The maximum atomic E-state index is 14.2. The largest absolute Gasteiger partial charge is 0.416 e. The molecule has 0 spiro atoms. The number of hydrogen-bond donors (Lipinski definition) is 3. The molecule has 0 saturated carbocycles. The second-order valence-corrected chi connectivity index (χ2v) is 9.07. The van der Waals surface area contributed by atoms with Gasteiger partial charge in [0.2, 0.25) is 5.95 Å². The summed E-state index contributed by atoms with van der Waals surface area (Å²) in [7, 11) is -3.14. The van der Waals surface area contributed by atoms with Crippen molar-refractivity contribution < 1.29 is 30.6 Å². The standard InChI is InChI=1S/C20H17F6N5OS/c21-13-1-2-15(16(22)8-13)18-17(23)9-29-19(31-18)30-14-6-11(10-33(28,32)4-3-27)5-12(7-14)20(24,25)26/h1-2,5-10H,3-4,27H2,(H2,28,32)(H,29,30,31). The van der Waals surface area contributed by atoms with Crippen LogP contribution in [0.3, 0.4) is 0 Å². The third-order valence-corrected chi connectivity index (χ3v) is 5.79. The number of anilines is 2. The minimum Gasteiger partial charge on any atom is -0.330 e. The number of halogens is 6. The highest BCUT2D eigenvalue weighted by atomic mass is 32.2. The number of nitrogens with two attached hydrogens (primary N) is 2. The maximum absolute atomic E-state index is 14.2. The van der Waals surface area contributed by atoms with Gasteiger partial charge in [-0.1, -0.05) is 0 Å². The second kappa shape index (κ2) is 9.37. The number of hydrogen-bond acceptors (Lipinski definition) is 5. The van der Waals surface area contributed by atoms with Gasteiger partial charge >= 0.3 is 6.18 Å². The van der Waals surface area contributed by atoms with Gasteiger partial charge in [0.15, 0.2) is 5.82 Å². The van der Waals surface area contributed by atoms with E-state index in [9.17, 15) is 30.6 Å². The highest BCUT2D eigenvalue weighted by molar-refractivity contribution is 7.99. The fraction of sp³-hybridized carbons (Fsp3) is 0.150. The van der Waals surface area contributed by atoms with Gasteiger partial charge < -0.3 is 11.1 Å². The van der Waals surface area contributed by atoms with Crippen LogP contribution in [-0.2, 0) is 15.9 Å². The molecule has 0 aliphatic carbocycles. The van der Waals surface area contributed by atoms with Crippen molar-refractivity contribution >= 4 is 26.7 Å². The Hall–Kier alpha value is -3.16. The van der Waals surface area contributed by atoms with E-state index in [0.717, 1.165) is 29.6 Å². The minimum atomic E-state index is -4.75. The molecule has 0 fully saturated rings. The van der Waals surface area contributed by atoms with Crippen molar-refractivity contribution in [3.63, 3.8) is 0 Å². The molecule has 3 rings (SSSR count). The molecule has 13 heteroatoms. The van der Waals surface area contributed by atoms with E-state index in [4.69, 9.17) is 10.9 Å². The van der Waals surface area contributed by atoms with E-state index in [2.05, 4.69) is 15.3 Å². The van der Waals surface area contributed by atoms with Gasteiger partial charge in [0.05, 0.1) is 11.8 Å². The van der Waals surface area contributed by atoms with Gasteiger partial charge in [0.1, 0.15) is 17.3 Å². The first-order valence-corrected chi connectivity index (χ1v) is 11.0. The molecule has 0 saturated heterocycles. The number of benzene rings is 2. The van der Waals surface area contributed by atoms with Gasteiger partial charge in [-0.3, -0.25) is 9.35 Å². The van der Waals surface area contributed by atoms with E-state index in [-0.39, 0.29) is 35.1 Å². The van der Waals surface area contributed by atoms with Crippen molar-refractivity contribution in [2.45, 2.75) is 6.18 Å². The Morgan fingerprint density at radius 1 is 1.06 bits per heavy atom. The summed E-state index contributed by atoms with van der Waals surface area (Å²) in [6, 6.07) is 5.07. The summed E-state index contributed by atoms with van der Waals surface area (Å²) in [5, 5.41) is 9.07. The predicted octanol–water partition coefficient (Wildman–Crippen LogP) is 3.59. The summed E-state index contributed by atoms with van der Waals surface area (Å²) in [6.45, 7) is -0.0396. The molecule has 176 valence electrons. The third-order valence-electron chi connectivity index (χ3n) is 4.24. The Balaban J connectivity index is 2.06. The first-order chi connectivity index (χ1) is 15.4. The van der Waals surface area contributed by atoms with Crippen LogP contribution in [0, 0.1) is 17.5 Å². The van der Waals surface area contributed by atoms with Crippen molar-refractivity contribution in [2.75, 3.05) is 17.6 Å². The monoisotopic (exact) mass is 489 g/mol. The SMILES string of the molecule is NCCS(N)(=O)=Cc1cc(Nc2ncc(F)c(-c3ccc(F)cc3F)n2)cc(C(F)(F)F)c1. The molecule has 0 aliphatic rings. The van der Waals surface area contributed by atoms with Crippen LogP contribution in [0.1, 0.15) is 11.1 Å². The van der Waals surface area contributed by atoms with E-state index >= 15 is 0 Å². The van der Waals surface area contributed by atoms with E-state index in [1.165, 1.54) is 6.07 Å². The van der Waals surface area contributed by atoms with E-state index in [1.54, 1.807) is 0 Å². The van der Waals surface area contributed by atoms with Gasteiger partial charge in [0.25, 0.3) is 0 Å². The zero-order chi connectivity index (χ0) is 24.4. The molecule has 0 aliphatic heterocycles. The number of nitrogens with zero attached hydrogens (tertiary/aromatic N) is 2. The lowest BCUT2D eigenvalue weighted by Crippen LogP contribution is -2.25. The molecule has 5 N–H and O–H groups in total. The lowest BCUT2D eigenvalue weighted by molar-refractivity contribution is -0.137. The minimum absolute atomic E-state index is 0.0396. The molecule has 3 aromatic rings. The summed E-state index contributed by atoms with van der Waals surface area (Å²) in [5.41, 5.74) is 3.04. The molecule has 1 atom stereocenters. The number of alkyl halides is 3. The van der Waals surface area contributed by atoms with E-state index in [0.29, 0.717) is 12.3 Å². The molecule has 1 aromatic heterocycles. The summed E-state index contributed by atoms with van der Waals surface area (Å²) in [5.74, 6) is -3.51. The van der Waals surface area contributed by atoms with Crippen LogP contribution in [0.4, 0.5) is 38.0 Å². The molecule has 1 heterocycles. The summed E-state index contributed by atoms with van der Waals surface area (Å²) >= 11 is 0. The van der Waals surface area contributed by atoms with Crippen LogP contribution in [0.5, 0.6) is 0 Å². The Labute approximate surface area is 184 Å². The van der Waals surface area contributed by atoms with Crippen LogP contribution in [0.2, 0.25) is 0 Å². The molecule has 1 unspecified atom stereocenters. The summed E-state index contributed by atoms with van der Waals surface area (Å²) < 4.78 is 93.8. The van der Waals surface area contributed by atoms with Gasteiger partial charge in [-0.15, -0.1) is 0 Å². The third kappa shape index (κ3) is 6.21. The van der Waals surface area contributed by atoms with Crippen molar-refractivity contribution in [3.8, 4) is 11.3 Å². The number of rotatable bonds is 6. The van der Waals surface area contributed by atoms with Gasteiger partial charge in [-0.05, 0) is 35.9 Å². The molecule has 0 amide bonds. The van der Waals surface area contributed by atoms with Crippen LogP contribution in [-0.4, -0.2) is 31.8 Å². The fourth-order valence-corrected chi connectivity index (χ4v) is 3.94. The number of aromatic nitrogens is 2. The summed E-state index contributed by atoms with van der Waals surface area (Å²) in [4.78, 5) is 7.45. The Kier molecular flexibility index (Phi) is 6.95. The molecule has 0 radical (unpaired) electrons. The van der Waals surface area contributed by atoms with Crippen molar-refractivity contribution in [2.24, 2.45) is 10.9 Å². The van der Waals surface area contributed by atoms with Crippen molar-refractivity contribution in [3.05, 3.63) is 71.2 Å². The predicted molar refractivity (Wildman–Crippen MR) is 113 cm³/mol. The lowest BCUT2D eigenvalue weighted by Gasteiger charge is -2.13. The first-order valence-electron chi connectivity index (χ1n) is 9.20. The zero-order valence-corrected chi connectivity index (χ0v) is 17.5. The first kappa shape index (κ1) is 24.5. The summed E-state index contributed by atoms with van der Waals surface area (Å²) in [6.07, 6.45) is -4.07. The van der Waals surface area contributed by atoms with E-state index in [1.807, 2.05) is 0 Å². The van der Waals surface area contributed by atoms with Gasteiger partial charge in [-0.2, -0.15) is 13.2 Å². The van der Waals surface area contributed by atoms with E-state index < -0.39 is 44.6 Å². The van der Waals surface area contributed by atoms with Crippen molar-refractivity contribution in [1.29, 1.82) is 0 Å². The highest BCUT2D eigenvalue weighted by Crippen LogP contribution is 2.33. The smallest absolute Gasteiger partial charge is 0.330 e. The van der Waals surface area contributed by atoms with Gasteiger partial charge in [0, 0.05) is 44.7 Å². The maximum Gasteiger partial charge on any atom is 0.416 e. The Morgan fingerprint density at radius 3 is 2.42 bits per heavy atom. The Morgan fingerprint density at radius 2 is 1.79 bits per heavy atom. The van der Waals surface area contributed by atoms with Crippen LogP contribution in [0.25, 0.3) is 11.3 Å². The molecule has 33 heavy (non-hydrogen) atoms. The second-order valence-electron chi connectivity index (χ2n) is 6.87. The fourth-order valence-electron chi connectivity index (χ4n) is 2.86. The zero-order valence-electron chi connectivity index (χ0n) is 16.7. The molecular weight excluding hydrogens is 472 g/mol. The van der Waals surface area contributed by atoms with Crippen LogP contribution in [0.15, 0.2) is 42.6 Å². The molecule has 6 nitrogen and oxygen atoms in total. The molecular formula is C20H17F6N5OS. The Bertz CT molecular complexity index is 1300. The van der Waals surface area contributed by atoms with Gasteiger partial charge in [-0.25, -0.2) is 23.1 Å². The highest BCUT2D eigenvalue weighted by Gasteiger charge is 2.31. The quantitative estimate of drug-likeness (QED) is 0.363. The lowest BCUT2D eigenvalue weighted by atomic mass is 10.1.